The summed E-state index contributed by atoms with van der Waals surface area (Å²) in [5.74, 6) is 0.782. The highest BCUT2D eigenvalue weighted by atomic mass is 15.3. The molecule has 6 heteroatoms. The minimum atomic E-state index is 0.756. The van der Waals surface area contributed by atoms with Crippen LogP contribution in [0, 0.1) is 0 Å². The summed E-state index contributed by atoms with van der Waals surface area (Å²) in [5.41, 5.74) is 4.81. The van der Waals surface area contributed by atoms with Gasteiger partial charge in [-0.25, -0.2) is 9.67 Å². The molecular formula is C20H16N6. The molecule has 3 aromatic heterocycles. The van der Waals surface area contributed by atoms with Gasteiger partial charge in [-0.3, -0.25) is 4.40 Å². The van der Waals surface area contributed by atoms with Crippen molar-refractivity contribution < 1.29 is 0 Å². The lowest BCUT2D eigenvalue weighted by atomic mass is 10.1. The molecule has 0 radical (unpaired) electrons. The van der Waals surface area contributed by atoms with Crippen molar-refractivity contribution in [3.8, 4) is 17.1 Å². The van der Waals surface area contributed by atoms with E-state index in [1.165, 1.54) is 5.56 Å². The molecule has 2 aromatic carbocycles. The number of hydrogen-bond donors (Lipinski definition) is 0. The molecule has 0 N–H and O–H groups in total. The predicted octanol–water partition coefficient (Wildman–Crippen LogP) is 3.69. The Morgan fingerprint density at radius 3 is 2.46 bits per heavy atom. The molecule has 0 atom stereocenters. The summed E-state index contributed by atoms with van der Waals surface area (Å²) in [4.78, 5) is 4.62. The van der Waals surface area contributed by atoms with E-state index < -0.39 is 0 Å². The van der Waals surface area contributed by atoms with E-state index in [1.807, 2.05) is 39.4 Å². The molecule has 0 bridgehead atoms. The summed E-state index contributed by atoms with van der Waals surface area (Å²) in [6.07, 6.45) is 4.58. The number of benzene rings is 2. The molecule has 0 aliphatic rings. The van der Waals surface area contributed by atoms with Crippen molar-refractivity contribution in [2.75, 3.05) is 0 Å². The van der Waals surface area contributed by atoms with Gasteiger partial charge >= 0.3 is 0 Å². The molecule has 5 aromatic rings. The lowest BCUT2D eigenvalue weighted by Crippen LogP contribution is -1.98. The van der Waals surface area contributed by atoms with Crippen molar-refractivity contribution in [2.24, 2.45) is 0 Å². The number of aryl methyl sites for hydroxylation is 1. The number of hydrogen-bond acceptors (Lipinski definition) is 4. The molecule has 0 saturated carbocycles. The maximum absolute atomic E-state index is 4.62. The van der Waals surface area contributed by atoms with Crippen molar-refractivity contribution >= 4 is 16.7 Å². The van der Waals surface area contributed by atoms with Crippen LogP contribution in [0.5, 0.6) is 0 Å². The molecule has 5 rings (SSSR count). The van der Waals surface area contributed by atoms with Gasteiger partial charge in [-0.2, -0.15) is 5.10 Å². The normalized spacial score (nSPS) is 11.4. The summed E-state index contributed by atoms with van der Waals surface area (Å²) in [6.45, 7) is 2.15. The molecule has 0 aliphatic carbocycles. The van der Waals surface area contributed by atoms with Crippen LogP contribution in [0.4, 0.5) is 0 Å². The quantitative estimate of drug-likeness (QED) is 0.502. The van der Waals surface area contributed by atoms with Gasteiger partial charge in [0.15, 0.2) is 17.1 Å². The third-order valence-electron chi connectivity index (χ3n) is 4.60. The van der Waals surface area contributed by atoms with Crippen LogP contribution < -0.4 is 0 Å². The van der Waals surface area contributed by atoms with Crippen molar-refractivity contribution in [1.29, 1.82) is 0 Å². The van der Waals surface area contributed by atoms with Gasteiger partial charge in [0.05, 0.1) is 17.3 Å². The topological polar surface area (TPSA) is 60.9 Å². The van der Waals surface area contributed by atoms with Crippen molar-refractivity contribution in [1.82, 2.24) is 29.4 Å². The van der Waals surface area contributed by atoms with Gasteiger partial charge in [0.2, 0.25) is 0 Å². The zero-order chi connectivity index (χ0) is 17.5. The van der Waals surface area contributed by atoms with E-state index in [0.29, 0.717) is 0 Å². The van der Waals surface area contributed by atoms with Gasteiger partial charge < -0.3 is 0 Å². The fourth-order valence-corrected chi connectivity index (χ4v) is 3.17. The lowest BCUT2D eigenvalue weighted by Gasteiger charge is -2.04. The smallest absolute Gasteiger partial charge is 0.175 e. The second-order valence-electron chi connectivity index (χ2n) is 6.14. The van der Waals surface area contributed by atoms with E-state index in [4.69, 9.17) is 0 Å². The Hall–Kier alpha value is -3.54. The van der Waals surface area contributed by atoms with Gasteiger partial charge in [-0.15, -0.1) is 10.2 Å². The van der Waals surface area contributed by atoms with Crippen LogP contribution in [0.3, 0.4) is 0 Å². The van der Waals surface area contributed by atoms with Crippen LogP contribution in [0.1, 0.15) is 12.5 Å². The summed E-state index contributed by atoms with van der Waals surface area (Å²) >= 11 is 0. The van der Waals surface area contributed by atoms with E-state index in [1.54, 1.807) is 12.5 Å². The molecule has 0 saturated heterocycles. The van der Waals surface area contributed by atoms with Crippen LogP contribution in [-0.4, -0.2) is 29.4 Å². The molecule has 126 valence electrons. The molecule has 0 fully saturated rings. The van der Waals surface area contributed by atoms with Crippen LogP contribution in [0.15, 0.2) is 67.1 Å². The van der Waals surface area contributed by atoms with Crippen LogP contribution >= 0.6 is 0 Å². The lowest BCUT2D eigenvalue weighted by molar-refractivity contribution is 0.893. The van der Waals surface area contributed by atoms with Gasteiger partial charge in [-0.05, 0) is 24.1 Å². The highest BCUT2D eigenvalue weighted by Gasteiger charge is 2.15. The predicted molar refractivity (Wildman–Crippen MR) is 100 cm³/mol. The molecule has 6 nitrogen and oxygen atoms in total. The largest absolute Gasteiger partial charge is 0.265 e. The first-order chi connectivity index (χ1) is 12.8. The molecule has 0 aliphatic heterocycles. The number of nitrogens with zero attached hydrogens (tertiary/aromatic N) is 6. The Bertz CT molecular complexity index is 1200. The molecule has 3 heterocycles. The van der Waals surface area contributed by atoms with Gasteiger partial charge in [-0.1, -0.05) is 49.4 Å². The Balaban J connectivity index is 1.68. The first-order valence-electron chi connectivity index (χ1n) is 8.57. The van der Waals surface area contributed by atoms with E-state index in [-0.39, 0.29) is 0 Å². The van der Waals surface area contributed by atoms with Gasteiger partial charge in [0, 0.05) is 5.56 Å². The van der Waals surface area contributed by atoms with Crippen molar-refractivity contribution in [3.63, 3.8) is 0 Å². The van der Waals surface area contributed by atoms with Crippen LogP contribution in [0.2, 0.25) is 0 Å². The summed E-state index contributed by atoms with van der Waals surface area (Å²) in [7, 11) is 0. The second-order valence-corrected chi connectivity index (χ2v) is 6.14. The fourth-order valence-electron chi connectivity index (χ4n) is 3.17. The maximum atomic E-state index is 4.62. The number of aromatic nitrogens is 6. The second kappa shape index (κ2) is 5.77. The Morgan fingerprint density at radius 1 is 0.885 bits per heavy atom. The Morgan fingerprint density at radius 2 is 1.69 bits per heavy atom. The summed E-state index contributed by atoms with van der Waals surface area (Å²) in [6, 6.07) is 18.3. The molecule has 0 spiro atoms. The first kappa shape index (κ1) is 14.8. The zero-order valence-corrected chi connectivity index (χ0v) is 14.2. The van der Waals surface area contributed by atoms with Crippen molar-refractivity contribution in [3.05, 3.63) is 72.7 Å². The maximum Gasteiger partial charge on any atom is 0.175 e. The third-order valence-corrected chi connectivity index (χ3v) is 4.60. The Labute approximate surface area is 149 Å². The highest BCUT2D eigenvalue weighted by Crippen LogP contribution is 2.24. The molecular weight excluding hydrogens is 324 g/mol. The van der Waals surface area contributed by atoms with Gasteiger partial charge in [0.1, 0.15) is 6.33 Å². The third kappa shape index (κ3) is 2.19. The zero-order valence-electron chi connectivity index (χ0n) is 14.2. The van der Waals surface area contributed by atoms with E-state index in [9.17, 15) is 0 Å². The van der Waals surface area contributed by atoms with Crippen molar-refractivity contribution in [2.45, 2.75) is 13.3 Å². The minimum absolute atomic E-state index is 0.756. The summed E-state index contributed by atoms with van der Waals surface area (Å²) < 4.78 is 3.74. The standard InChI is InChI=1S/C20H16N6/c1-2-14-8-10-15(11-9-14)18-23-24-20-17-12-22-26(16-6-4-3-5-7-16)19(17)21-13-25(18)20/h3-13H,2H2,1H3. The fraction of sp³-hybridized carbons (Fsp3) is 0.100. The average Bonchev–Trinajstić information content (AvgIpc) is 3.32. The minimum Gasteiger partial charge on any atom is -0.265 e. The molecule has 0 unspecified atom stereocenters. The monoisotopic (exact) mass is 340 g/mol. The first-order valence-corrected chi connectivity index (χ1v) is 8.57. The highest BCUT2D eigenvalue weighted by molar-refractivity contribution is 5.90. The molecule has 26 heavy (non-hydrogen) atoms. The van der Waals surface area contributed by atoms with Crippen LogP contribution in [-0.2, 0) is 6.42 Å². The van der Waals surface area contributed by atoms with Crippen LogP contribution in [0.25, 0.3) is 33.8 Å². The van der Waals surface area contributed by atoms with E-state index in [2.05, 4.69) is 51.5 Å². The SMILES string of the molecule is CCc1ccc(-c2nnc3c4cnn(-c5ccccc5)c4ncn23)cc1. The van der Waals surface area contributed by atoms with E-state index in [0.717, 1.165) is 40.2 Å². The molecule has 0 amide bonds. The summed E-state index contributed by atoms with van der Waals surface area (Å²) in [5, 5.41) is 14.2. The Kier molecular flexibility index (Phi) is 3.28. The van der Waals surface area contributed by atoms with E-state index >= 15 is 0 Å². The number of rotatable bonds is 3. The van der Waals surface area contributed by atoms with Gasteiger partial charge in [0.25, 0.3) is 0 Å². The number of para-hydroxylation sites is 1. The average molecular weight is 340 g/mol. The number of fused-ring (bicyclic) bond motifs is 3.